The summed E-state index contributed by atoms with van der Waals surface area (Å²) in [6, 6.07) is 7.40. The van der Waals surface area contributed by atoms with Gasteiger partial charge in [-0.25, -0.2) is 10.1 Å². The molecule has 2 saturated heterocycles. The maximum atomic E-state index is 11.2. The fourth-order valence-corrected chi connectivity index (χ4v) is 4.12. The summed E-state index contributed by atoms with van der Waals surface area (Å²) >= 11 is 0. The smallest absolute Gasteiger partial charge is 0.264 e. The molecule has 2 atom stereocenters. The third-order valence-electron chi connectivity index (χ3n) is 5.27. The number of nitrogens with zero attached hydrogens (tertiary/aromatic N) is 6. The van der Waals surface area contributed by atoms with Crippen molar-refractivity contribution in [1.29, 1.82) is 0 Å². The largest absolute Gasteiger partial charge is 0.356 e. The van der Waals surface area contributed by atoms with Crippen LogP contribution in [0.25, 0.3) is 5.65 Å². The Morgan fingerprint density at radius 2 is 1.84 bits per heavy atom. The number of fused-ring (bicyclic) bond motifs is 2. The standard InChI is InChI=1S/C17H19N7O/c1-11-6-17(24-14(19-11)4-5-18-24)23-9-12-7-22(8-13(12)10-23)15-2-3-16(25)21-20-15/h2-6,12-13H,7-10H2,1H3,(H,21,25). The van der Waals surface area contributed by atoms with Crippen molar-refractivity contribution in [3.63, 3.8) is 0 Å². The van der Waals surface area contributed by atoms with E-state index in [0.717, 1.165) is 49.2 Å². The van der Waals surface area contributed by atoms with Crippen LogP contribution in [0.5, 0.6) is 0 Å². The number of nitrogens with one attached hydrogen (secondary N) is 1. The molecule has 0 aromatic carbocycles. The Morgan fingerprint density at radius 3 is 2.56 bits per heavy atom. The molecule has 8 heteroatoms. The highest BCUT2D eigenvalue weighted by Gasteiger charge is 2.41. The molecule has 0 aliphatic carbocycles. The van der Waals surface area contributed by atoms with Gasteiger partial charge in [-0.2, -0.15) is 14.7 Å². The van der Waals surface area contributed by atoms with E-state index in [1.165, 1.54) is 6.07 Å². The summed E-state index contributed by atoms with van der Waals surface area (Å²) < 4.78 is 1.93. The van der Waals surface area contributed by atoms with Gasteiger partial charge in [-0.1, -0.05) is 0 Å². The summed E-state index contributed by atoms with van der Waals surface area (Å²) in [5.74, 6) is 3.16. The molecule has 0 bridgehead atoms. The number of hydrogen-bond acceptors (Lipinski definition) is 6. The predicted molar refractivity (Wildman–Crippen MR) is 94.0 cm³/mol. The Bertz CT molecular complexity index is 960. The van der Waals surface area contributed by atoms with Crippen molar-refractivity contribution in [1.82, 2.24) is 24.8 Å². The Kier molecular flexibility index (Phi) is 3.06. The lowest BCUT2D eigenvalue weighted by Gasteiger charge is -2.24. The van der Waals surface area contributed by atoms with Gasteiger partial charge in [-0.15, -0.1) is 0 Å². The zero-order chi connectivity index (χ0) is 17.0. The number of aromatic nitrogens is 5. The van der Waals surface area contributed by atoms with Crippen LogP contribution in [-0.2, 0) is 0 Å². The van der Waals surface area contributed by atoms with Crippen molar-refractivity contribution in [3.05, 3.63) is 46.5 Å². The maximum Gasteiger partial charge on any atom is 0.264 e. The highest BCUT2D eigenvalue weighted by molar-refractivity contribution is 5.52. The van der Waals surface area contributed by atoms with E-state index in [1.807, 2.05) is 17.5 Å². The van der Waals surface area contributed by atoms with Crippen molar-refractivity contribution in [2.45, 2.75) is 6.92 Å². The Morgan fingerprint density at radius 1 is 1.08 bits per heavy atom. The average Bonchev–Trinajstić information content (AvgIpc) is 3.28. The van der Waals surface area contributed by atoms with Gasteiger partial charge in [0.2, 0.25) is 0 Å². The van der Waals surface area contributed by atoms with Gasteiger partial charge in [0.1, 0.15) is 11.6 Å². The lowest BCUT2D eigenvalue weighted by Crippen LogP contribution is -2.30. The van der Waals surface area contributed by atoms with E-state index in [9.17, 15) is 4.79 Å². The summed E-state index contributed by atoms with van der Waals surface area (Å²) in [6.07, 6.45) is 1.80. The summed E-state index contributed by atoms with van der Waals surface area (Å²) in [5, 5.41) is 11.1. The van der Waals surface area contributed by atoms with E-state index in [0.29, 0.717) is 11.8 Å². The molecule has 2 fully saturated rings. The minimum Gasteiger partial charge on any atom is -0.356 e. The second kappa shape index (κ2) is 5.30. The van der Waals surface area contributed by atoms with Crippen LogP contribution in [-0.4, -0.2) is 51.0 Å². The zero-order valence-corrected chi connectivity index (χ0v) is 14.0. The fourth-order valence-electron chi connectivity index (χ4n) is 4.12. The summed E-state index contributed by atoms with van der Waals surface area (Å²) in [5.41, 5.74) is 1.75. The first-order valence-electron chi connectivity index (χ1n) is 8.54. The maximum absolute atomic E-state index is 11.2. The molecule has 0 radical (unpaired) electrons. The van der Waals surface area contributed by atoms with Gasteiger partial charge in [-0.05, 0) is 13.0 Å². The van der Waals surface area contributed by atoms with Crippen LogP contribution in [0.15, 0.2) is 35.3 Å². The number of H-pyrrole nitrogens is 1. The minimum absolute atomic E-state index is 0.161. The topological polar surface area (TPSA) is 82.4 Å². The SMILES string of the molecule is Cc1cc(N2CC3CN(c4ccc(=O)[nH]n4)CC3C2)n2nccc2n1. The molecule has 0 spiro atoms. The molecule has 2 aliphatic rings. The fraction of sp³-hybridized carbons (Fsp3) is 0.412. The monoisotopic (exact) mass is 337 g/mol. The average molecular weight is 337 g/mol. The minimum atomic E-state index is -0.161. The molecule has 128 valence electrons. The molecule has 3 aromatic rings. The zero-order valence-electron chi connectivity index (χ0n) is 14.0. The first-order chi connectivity index (χ1) is 12.2. The second-order valence-corrected chi connectivity index (χ2v) is 6.97. The van der Waals surface area contributed by atoms with Gasteiger partial charge in [0, 0.05) is 61.9 Å². The first-order valence-corrected chi connectivity index (χ1v) is 8.54. The summed E-state index contributed by atoms with van der Waals surface area (Å²) in [7, 11) is 0. The molecule has 8 nitrogen and oxygen atoms in total. The van der Waals surface area contributed by atoms with Crippen molar-refractivity contribution in [2.75, 3.05) is 36.0 Å². The lowest BCUT2D eigenvalue weighted by atomic mass is 10.0. The number of hydrogen-bond donors (Lipinski definition) is 1. The molecule has 3 aromatic heterocycles. The normalized spacial score (nSPS) is 22.8. The quantitative estimate of drug-likeness (QED) is 0.741. The Labute approximate surface area is 144 Å². The third-order valence-corrected chi connectivity index (χ3v) is 5.27. The van der Waals surface area contributed by atoms with Crippen LogP contribution in [0.3, 0.4) is 0 Å². The predicted octanol–water partition coefficient (Wildman–Crippen LogP) is 0.694. The van der Waals surface area contributed by atoms with Crippen molar-refractivity contribution >= 4 is 17.3 Å². The first kappa shape index (κ1) is 14.4. The van der Waals surface area contributed by atoms with E-state index in [2.05, 4.69) is 36.1 Å². The highest BCUT2D eigenvalue weighted by atomic mass is 16.1. The van der Waals surface area contributed by atoms with Gasteiger partial charge in [0.05, 0.1) is 6.20 Å². The van der Waals surface area contributed by atoms with E-state index in [4.69, 9.17) is 0 Å². The molecule has 0 amide bonds. The van der Waals surface area contributed by atoms with E-state index in [1.54, 1.807) is 12.3 Å². The van der Waals surface area contributed by atoms with Crippen LogP contribution in [0.1, 0.15) is 5.69 Å². The Hall–Kier alpha value is -2.90. The van der Waals surface area contributed by atoms with Crippen LogP contribution in [0, 0.1) is 18.8 Å². The van der Waals surface area contributed by atoms with Gasteiger partial charge < -0.3 is 9.80 Å². The number of aryl methyl sites for hydroxylation is 1. The van der Waals surface area contributed by atoms with Crippen LogP contribution >= 0.6 is 0 Å². The van der Waals surface area contributed by atoms with Gasteiger partial charge in [-0.3, -0.25) is 4.79 Å². The van der Waals surface area contributed by atoms with Crippen molar-refractivity contribution < 1.29 is 0 Å². The van der Waals surface area contributed by atoms with E-state index >= 15 is 0 Å². The van der Waals surface area contributed by atoms with Gasteiger partial charge in [0.15, 0.2) is 5.65 Å². The van der Waals surface area contributed by atoms with Gasteiger partial charge >= 0.3 is 0 Å². The molecule has 0 saturated carbocycles. The summed E-state index contributed by atoms with van der Waals surface area (Å²) in [4.78, 5) is 20.4. The van der Waals surface area contributed by atoms with Crippen molar-refractivity contribution in [2.24, 2.45) is 11.8 Å². The molecule has 2 unspecified atom stereocenters. The molecular weight excluding hydrogens is 318 g/mol. The van der Waals surface area contributed by atoms with Crippen LogP contribution in [0.4, 0.5) is 11.6 Å². The lowest BCUT2D eigenvalue weighted by molar-refractivity contribution is 0.533. The molecule has 5 heterocycles. The number of aromatic amines is 1. The van der Waals surface area contributed by atoms with Crippen LogP contribution in [0.2, 0.25) is 0 Å². The van der Waals surface area contributed by atoms with E-state index < -0.39 is 0 Å². The van der Waals surface area contributed by atoms with Gasteiger partial charge in [0.25, 0.3) is 5.56 Å². The molecule has 1 N–H and O–H groups in total. The molecule has 2 aliphatic heterocycles. The molecule has 5 rings (SSSR count). The molecule has 25 heavy (non-hydrogen) atoms. The molecular formula is C17H19N7O. The third kappa shape index (κ3) is 2.36. The van der Waals surface area contributed by atoms with E-state index in [-0.39, 0.29) is 5.56 Å². The Balaban J connectivity index is 1.37. The second-order valence-electron chi connectivity index (χ2n) is 6.97. The summed E-state index contributed by atoms with van der Waals surface area (Å²) in [6.45, 7) is 5.96. The highest BCUT2D eigenvalue weighted by Crippen LogP contribution is 2.35. The number of anilines is 2. The van der Waals surface area contributed by atoms with Crippen LogP contribution < -0.4 is 15.4 Å². The van der Waals surface area contributed by atoms with Crippen molar-refractivity contribution in [3.8, 4) is 0 Å². The number of rotatable bonds is 2.